The molecule has 1 aromatic heterocycles. The second-order valence-electron chi connectivity index (χ2n) is 6.08. The first kappa shape index (κ1) is 17.7. The lowest BCUT2D eigenvalue weighted by atomic mass is 9.97. The molecular formula is C18H23N3O3S. The maximum absolute atomic E-state index is 12.1. The molecule has 0 unspecified atom stereocenters. The maximum Gasteiger partial charge on any atom is 0.264 e. The molecular weight excluding hydrogens is 338 g/mol. The summed E-state index contributed by atoms with van der Waals surface area (Å²) in [6.45, 7) is 3.97. The SMILES string of the molecule is COc1cc(C)ccc1OCC(=O)Nc1ncc(C2CCNCC2)s1. The van der Waals surface area contributed by atoms with Gasteiger partial charge in [0.05, 0.1) is 7.11 Å². The summed E-state index contributed by atoms with van der Waals surface area (Å²) in [5, 5.41) is 6.79. The minimum absolute atomic E-state index is 0.0817. The third kappa shape index (κ3) is 4.70. The molecule has 134 valence electrons. The predicted molar refractivity (Wildman–Crippen MR) is 98.8 cm³/mol. The molecule has 6 nitrogen and oxygen atoms in total. The second-order valence-corrected chi connectivity index (χ2v) is 7.15. The molecule has 3 rings (SSSR count). The molecule has 1 fully saturated rings. The monoisotopic (exact) mass is 361 g/mol. The van der Waals surface area contributed by atoms with Gasteiger partial charge in [-0.2, -0.15) is 0 Å². The van der Waals surface area contributed by atoms with Crippen LogP contribution in [0.2, 0.25) is 0 Å². The Morgan fingerprint density at radius 3 is 2.92 bits per heavy atom. The van der Waals surface area contributed by atoms with Crippen LogP contribution in [0.15, 0.2) is 24.4 Å². The van der Waals surface area contributed by atoms with E-state index in [1.54, 1.807) is 24.5 Å². The Bertz CT molecular complexity index is 726. The highest BCUT2D eigenvalue weighted by atomic mass is 32.1. The van der Waals surface area contributed by atoms with Gasteiger partial charge >= 0.3 is 0 Å². The summed E-state index contributed by atoms with van der Waals surface area (Å²) in [7, 11) is 1.58. The first-order valence-corrected chi connectivity index (χ1v) is 9.21. The van der Waals surface area contributed by atoms with Crippen molar-refractivity contribution < 1.29 is 14.3 Å². The van der Waals surface area contributed by atoms with Crippen molar-refractivity contribution in [2.75, 3.05) is 32.1 Å². The third-order valence-corrected chi connectivity index (χ3v) is 5.26. The minimum atomic E-state index is -0.228. The molecule has 1 amide bonds. The van der Waals surface area contributed by atoms with E-state index in [1.807, 2.05) is 25.3 Å². The van der Waals surface area contributed by atoms with E-state index in [4.69, 9.17) is 9.47 Å². The van der Waals surface area contributed by atoms with E-state index in [9.17, 15) is 4.79 Å². The number of methoxy groups -OCH3 is 1. The first-order chi connectivity index (χ1) is 12.2. The molecule has 25 heavy (non-hydrogen) atoms. The van der Waals surface area contributed by atoms with Gasteiger partial charge in [0.2, 0.25) is 0 Å². The standard InChI is InChI=1S/C18H23N3O3S/c1-12-3-4-14(15(9-12)23-2)24-11-17(22)21-18-20-10-16(25-18)13-5-7-19-8-6-13/h3-4,9-10,13,19H,5-8,11H2,1-2H3,(H,20,21,22). The molecule has 1 aliphatic heterocycles. The Labute approximate surface area is 151 Å². The number of thiazole rings is 1. The third-order valence-electron chi connectivity index (χ3n) is 4.19. The zero-order valence-electron chi connectivity index (χ0n) is 14.5. The van der Waals surface area contributed by atoms with E-state index in [1.165, 1.54) is 4.88 Å². The summed E-state index contributed by atoms with van der Waals surface area (Å²) in [6.07, 6.45) is 4.11. The van der Waals surface area contributed by atoms with Crippen molar-refractivity contribution in [1.82, 2.24) is 10.3 Å². The van der Waals surface area contributed by atoms with Crippen LogP contribution in [0.1, 0.15) is 29.2 Å². The fourth-order valence-electron chi connectivity index (χ4n) is 2.83. The van der Waals surface area contributed by atoms with Crippen molar-refractivity contribution in [1.29, 1.82) is 0 Å². The van der Waals surface area contributed by atoms with Crippen molar-refractivity contribution in [2.24, 2.45) is 0 Å². The number of benzene rings is 1. The van der Waals surface area contributed by atoms with Gasteiger partial charge in [0.15, 0.2) is 23.2 Å². The lowest BCUT2D eigenvalue weighted by Gasteiger charge is -2.20. The predicted octanol–water partition coefficient (Wildman–Crippen LogP) is 2.94. The highest BCUT2D eigenvalue weighted by molar-refractivity contribution is 7.15. The molecule has 7 heteroatoms. The highest BCUT2D eigenvalue weighted by Crippen LogP contribution is 2.32. The number of ether oxygens (including phenoxy) is 2. The fraction of sp³-hybridized carbons (Fsp3) is 0.444. The highest BCUT2D eigenvalue weighted by Gasteiger charge is 2.18. The van der Waals surface area contributed by atoms with Crippen molar-refractivity contribution in [3.05, 3.63) is 34.8 Å². The van der Waals surface area contributed by atoms with Crippen LogP contribution in [0.5, 0.6) is 11.5 Å². The summed E-state index contributed by atoms with van der Waals surface area (Å²) in [6, 6.07) is 5.60. The zero-order valence-corrected chi connectivity index (χ0v) is 15.3. The number of aromatic nitrogens is 1. The van der Waals surface area contributed by atoms with Gasteiger partial charge in [-0.25, -0.2) is 4.98 Å². The van der Waals surface area contributed by atoms with Gasteiger partial charge in [-0.1, -0.05) is 6.07 Å². The Morgan fingerprint density at radius 2 is 2.16 bits per heavy atom. The normalized spacial score (nSPS) is 15.0. The van der Waals surface area contributed by atoms with Gasteiger partial charge in [0.25, 0.3) is 5.91 Å². The van der Waals surface area contributed by atoms with Crippen molar-refractivity contribution >= 4 is 22.4 Å². The van der Waals surface area contributed by atoms with E-state index < -0.39 is 0 Å². The number of anilines is 1. The molecule has 0 saturated carbocycles. The Kier molecular flexibility index (Phi) is 5.88. The number of carbonyl (C=O) groups excluding carboxylic acids is 1. The van der Waals surface area contributed by atoms with Crippen LogP contribution in [0.4, 0.5) is 5.13 Å². The average molecular weight is 361 g/mol. The van der Waals surface area contributed by atoms with Crippen LogP contribution >= 0.6 is 11.3 Å². The summed E-state index contributed by atoms with van der Waals surface area (Å²) < 4.78 is 10.8. The van der Waals surface area contributed by atoms with E-state index in [2.05, 4.69) is 15.6 Å². The topological polar surface area (TPSA) is 72.5 Å². The van der Waals surface area contributed by atoms with Gasteiger partial charge in [-0.15, -0.1) is 11.3 Å². The van der Waals surface area contributed by atoms with E-state index >= 15 is 0 Å². The number of amides is 1. The van der Waals surface area contributed by atoms with Crippen molar-refractivity contribution in [3.63, 3.8) is 0 Å². The first-order valence-electron chi connectivity index (χ1n) is 8.39. The molecule has 1 saturated heterocycles. The van der Waals surface area contributed by atoms with Crippen LogP contribution in [-0.4, -0.2) is 37.7 Å². The molecule has 0 aliphatic carbocycles. The molecule has 2 aromatic rings. The molecule has 0 bridgehead atoms. The molecule has 2 N–H and O–H groups in total. The maximum atomic E-state index is 12.1. The van der Waals surface area contributed by atoms with Gasteiger partial charge < -0.3 is 14.8 Å². The smallest absolute Gasteiger partial charge is 0.264 e. The lowest BCUT2D eigenvalue weighted by molar-refractivity contribution is -0.118. The van der Waals surface area contributed by atoms with Gasteiger partial charge in [-0.05, 0) is 56.5 Å². The molecule has 1 aliphatic rings. The number of nitrogens with one attached hydrogen (secondary N) is 2. The zero-order chi connectivity index (χ0) is 17.6. The Balaban J connectivity index is 1.53. The summed E-state index contributed by atoms with van der Waals surface area (Å²) in [5.74, 6) is 1.49. The van der Waals surface area contributed by atoms with Gasteiger partial charge in [0.1, 0.15) is 0 Å². The van der Waals surface area contributed by atoms with Crippen molar-refractivity contribution in [2.45, 2.75) is 25.7 Å². The Morgan fingerprint density at radius 1 is 1.36 bits per heavy atom. The van der Waals surface area contributed by atoms with Crippen LogP contribution in [0.25, 0.3) is 0 Å². The fourth-order valence-corrected chi connectivity index (χ4v) is 3.83. The van der Waals surface area contributed by atoms with Crippen LogP contribution in [0, 0.1) is 6.92 Å². The van der Waals surface area contributed by atoms with Gasteiger partial charge in [0, 0.05) is 11.1 Å². The minimum Gasteiger partial charge on any atom is -0.493 e. The van der Waals surface area contributed by atoms with E-state index in [0.717, 1.165) is 31.5 Å². The number of carbonyl (C=O) groups is 1. The lowest BCUT2D eigenvalue weighted by Crippen LogP contribution is -2.26. The molecule has 0 spiro atoms. The van der Waals surface area contributed by atoms with Crippen LogP contribution < -0.4 is 20.1 Å². The quantitative estimate of drug-likeness (QED) is 0.828. The largest absolute Gasteiger partial charge is 0.493 e. The van der Waals surface area contributed by atoms with Crippen molar-refractivity contribution in [3.8, 4) is 11.5 Å². The molecule has 1 aromatic carbocycles. The molecule has 0 atom stereocenters. The second kappa shape index (κ2) is 8.31. The van der Waals surface area contributed by atoms with Crippen LogP contribution in [-0.2, 0) is 4.79 Å². The summed E-state index contributed by atoms with van der Waals surface area (Å²) in [5.41, 5.74) is 1.07. The molecule has 2 heterocycles. The number of nitrogens with zero attached hydrogens (tertiary/aromatic N) is 1. The van der Waals surface area contributed by atoms with Gasteiger partial charge in [-0.3, -0.25) is 10.1 Å². The van der Waals surface area contributed by atoms with E-state index in [0.29, 0.717) is 22.5 Å². The summed E-state index contributed by atoms with van der Waals surface area (Å²) >= 11 is 1.55. The number of hydrogen-bond acceptors (Lipinski definition) is 6. The van der Waals surface area contributed by atoms with E-state index in [-0.39, 0.29) is 12.5 Å². The number of rotatable bonds is 6. The number of hydrogen-bond donors (Lipinski definition) is 2. The summed E-state index contributed by atoms with van der Waals surface area (Å²) in [4.78, 5) is 17.7. The number of aryl methyl sites for hydroxylation is 1. The van der Waals surface area contributed by atoms with Crippen LogP contribution in [0.3, 0.4) is 0 Å². The Hall–Kier alpha value is -2.12. The average Bonchev–Trinajstić information content (AvgIpc) is 3.09. The molecule has 0 radical (unpaired) electrons. The number of piperidine rings is 1.